The van der Waals surface area contributed by atoms with Crippen LogP contribution in [0.25, 0.3) is 0 Å². The third-order valence-corrected chi connectivity index (χ3v) is 5.81. The van der Waals surface area contributed by atoms with Gasteiger partial charge in [-0.3, -0.25) is 4.79 Å². The van der Waals surface area contributed by atoms with Crippen LogP contribution in [0.3, 0.4) is 0 Å². The number of halogens is 1. The summed E-state index contributed by atoms with van der Waals surface area (Å²) in [6.07, 6.45) is 3.44. The van der Waals surface area contributed by atoms with Crippen molar-refractivity contribution >= 4 is 17.5 Å². The first-order chi connectivity index (χ1) is 12.6. The highest BCUT2D eigenvalue weighted by molar-refractivity contribution is 6.30. The number of amides is 1. The largest absolute Gasteiger partial charge is 0.457 e. The Kier molecular flexibility index (Phi) is 4.88. The molecule has 0 aromatic heterocycles. The van der Waals surface area contributed by atoms with E-state index in [1.54, 1.807) is 12.1 Å². The molecule has 0 saturated carbocycles. The zero-order valence-electron chi connectivity index (χ0n) is 14.7. The molecule has 136 valence electrons. The number of piperidine rings is 1. The summed E-state index contributed by atoms with van der Waals surface area (Å²) in [7, 11) is 0. The molecule has 0 radical (unpaired) electrons. The first-order valence-electron chi connectivity index (χ1n) is 9.17. The molecule has 0 aliphatic carbocycles. The summed E-state index contributed by atoms with van der Waals surface area (Å²) < 4.78 is 5.79. The van der Waals surface area contributed by atoms with Crippen LogP contribution in [-0.4, -0.2) is 37.0 Å². The maximum Gasteiger partial charge on any atom is 0.253 e. The summed E-state index contributed by atoms with van der Waals surface area (Å²) in [5.41, 5.74) is 1.13. The number of nitrogens with zero attached hydrogens (tertiary/aromatic N) is 1. The Morgan fingerprint density at radius 3 is 2.46 bits per heavy atom. The van der Waals surface area contributed by atoms with Gasteiger partial charge in [-0.25, -0.2) is 0 Å². The monoisotopic (exact) mass is 370 g/mol. The van der Waals surface area contributed by atoms with Gasteiger partial charge >= 0.3 is 0 Å². The average molecular weight is 371 g/mol. The van der Waals surface area contributed by atoms with Crippen LogP contribution in [0.1, 0.15) is 29.6 Å². The molecule has 0 unspecified atom stereocenters. The molecule has 4 nitrogen and oxygen atoms in total. The maximum absolute atomic E-state index is 12.8. The van der Waals surface area contributed by atoms with Gasteiger partial charge in [0.2, 0.25) is 0 Å². The van der Waals surface area contributed by atoms with E-state index in [2.05, 4.69) is 5.32 Å². The summed E-state index contributed by atoms with van der Waals surface area (Å²) in [5.74, 6) is 1.49. The smallest absolute Gasteiger partial charge is 0.253 e. The van der Waals surface area contributed by atoms with Gasteiger partial charge in [-0.1, -0.05) is 17.7 Å². The molecule has 1 N–H and O–H groups in total. The topological polar surface area (TPSA) is 41.6 Å². The third kappa shape index (κ3) is 3.71. The van der Waals surface area contributed by atoms with Crippen molar-refractivity contribution < 1.29 is 9.53 Å². The summed E-state index contributed by atoms with van der Waals surface area (Å²) in [5, 5.41) is 4.10. The Morgan fingerprint density at radius 2 is 1.81 bits per heavy atom. The van der Waals surface area contributed by atoms with E-state index in [4.69, 9.17) is 16.3 Å². The molecule has 0 atom stereocenters. The fraction of sp³-hybridized carbons (Fsp3) is 0.381. The molecule has 2 aromatic carbocycles. The zero-order chi connectivity index (χ0) is 18.0. The SMILES string of the molecule is O=C(c1ccc(Oc2cccc(Cl)c2)cc1)N1CCC2(CCNC2)CC1. The van der Waals surface area contributed by atoms with E-state index < -0.39 is 0 Å². The quantitative estimate of drug-likeness (QED) is 0.873. The van der Waals surface area contributed by atoms with Gasteiger partial charge in [-0.05, 0) is 73.7 Å². The second kappa shape index (κ2) is 7.29. The lowest BCUT2D eigenvalue weighted by Crippen LogP contribution is -2.44. The summed E-state index contributed by atoms with van der Waals surface area (Å²) >= 11 is 5.97. The molecule has 2 saturated heterocycles. The number of ether oxygens (including phenoxy) is 1. The average Bonchev–Trinajstić information content (AvgIpc) is 3.11. The second-order valence-corrected chi connectivity index (χ2v) is 7.74. The van der Waals surface area contributed by atoms with E-state index in [0.29, 0.717) is 27.5 Å². The molecule has 1 spiro atoms. The van der Waals surface area contributed by atoms with Crippen LogP contribution < -0.4 is 10.1 Å². The number of hydrogen-bond donors (Lipinski definition) is 1. The number of benzene rings is 2. The molecule has 2 fully saturated rings. The van der Waals surface area contributed by atoms with Crippen molar-refractivity contribution in [1.82, 2.24) is 10.2 Å². The molecule has 1 amide bonds. The number of likely N-dealkylation sites (tertiary alicyclic amines) is 1. The summed E-state index contributed by atoms with van der Waals surface area (Å²) in [6.45, 7) is 3.91. The standard InChI is InChI=1S/C21H23ClN2O2/c22-17-2-1-3-19(14-17)26-18-6-4-16(5-7-18)20(25)24-12-9-21(10-13-24)8-11-23-15-21/h1-7,14,23H,8-13,15H2. The molecule has 5 heteroatoms. The Bertz CT molecular complexity index is 775. The van der Waals surface area contributed by atoms with E-state index in [9.17, 15) is 4.79 Å². The third-order valence-electron chi connectivity index (χ3n) is 5.58. The number of carbonyl (C=O) groups excluding carboxylic acids is 1. The predicted molar refractivity (Wildman–Crippen MR) is 103 cm³/mol. The van der Waals surface area contributed by atoms with Crippen LogP contribution in [0.2, 0.25) is 5.02 Å². The second-order valence-electron chi connectivity index (χ2n) is 7.30. The Hall–Kier alpha value is -2.04. The van der Waals surface area contributed by atoms with Gasteiger partial charge in [0.15, 0.2) is 0 Å². The molecule has 0 bridgehead atoms. The molecular weight excluding hydrogens is 348 g/mol. The molecule has 2 aromatic rings. The van der Waals surface area contributed by atoms with E-state index in [-0.39, 0.29) is 5.91 Å². The van der Waals surface area contributed by atoms with Crippen molar-refractivity contribution in [2.75, 3.05) is 26.2 Å². The van der Waals surface area contributed by atoms with Crippen molar-refractivity contribution in [1.29, 1.82) is 0 Å². The summed E-state index contributed by atoms with van der Waals surface area (Å²) in [4.78, 5) is 14.8. The number of nitrogens with one attached hydrogen (secondary N) is 1. The molecule has 2 heterocycles. The van der Waals surface area contributed by atoms with E-state index in [0.717, 1.165) is 39.0 Å². The fourth-order valence-electron chi connectivity index (χ4n) is 3.92. The van der Waals surface area contributed by atoms with E-state index in [1.807, 2.05) is 41.3 Å². The van der Waals surface area contributed by atoms with E-state index >= 15 is 0 Å². The minimum atomic E-state index is 0.111. The van der Waals surface area contributed by atoms with Gasteiger partial charge in [-0.2, -0.15) is 0 Å². The predicted octanol–water partition coefficient (Wildman–Crippen LogP) is 4.35. The zero-order valence-corrected chi connectivity index (χ0v) is 15.5. The van der Waals surface area contributed by atoms with E-state index in [1.165, 1.54) is 6.42 Å². The maximum atomic E-state index is 12.8. The van der Waals surface area contributed by atoms with Gasteiger partial charge in [-0.15, -0.1) is 0 Å². The number of rotatable bonds is 3. The minimum absolute atomic E-state index is 0.111. The van der Waals surface area contributed by atoms with Gasteiger partial charge < -0.3 is 15.0 Å². The highest BCUT2D eigenvalue weighted by Crippen LogP contribution is 2.37. The normalized spacial score (nSPS) is 18.9. The number of hydrogen-bond acceptors (Lipinski definition) is 3. The van der Waals surface area contributed by atoms with Crippen molar-refractivity contribution in [2.24, 2.45) is 5.41 Å². The fourth-order valence-corrected chi connectivity index (χ4v) is 4.10. The Labute approximate surface area is 159 Å². The van der Waals surface area contributed by atoms with Crippen molar-refractivity contribution in [2.45, 2.75) is 19.3 Å². The molecule has 2 aliphatic heterocycles. The van der Waals surface area contributed by atoms with Crippen LogP contribution in [-0.2, 0) is 0 Å². The lowest BCUT2D eigenvalue weighted by molar-refractivity contribution is 0.0607. The van der Waals surface area contributed by atoms with Crippen LogP contribution in [0.4, 0.5) is 0 Å². The molecule has 2 aliphatic rings. The van der Waals surface area contributed by atoms with Crippen molar-refractivity contribution in [3.8, 4) is 11.5 Å². The Balaban J connectivity index is 1.38. The molecule has 26 heavy (non-hydrogen) atoms. The van der Waals surface area contributed by atoms with Gasteiger partial charge in [0.25, 0.3) is 5.91 Å². The lowest BCUT2D eigenvalue weighted by Gasteiger charge is -2.38. The molecule has 4 rings (SSSR count). The van der Waals surface area contributed by atoms with Crippen LogP contribution in [0.5, 0.6) is 11.5 Å². The Morgan fingerprint density at radius 1 is 1.04 bits per heavy atom. The van der Waals surface area contributed by atoms with Gasteiger partial charge in [0.05, 0.1) is 0 Å². The van der Waals surface area contributed by atoms with Crippen molar-refractivity contribution in [3.63, 3.8) is 0 Å². The minimum Gasteiger partial charge on any atom is -0.457 e. The first-order valence-corrected chi connectivity index (χ1v) is 9.55. The number of carbonyl (C=O) groups is 1. The van der Waals surface area contributed by atoms with Crippen LogP contribution in [0, 0.1) is 5.41 Å². The summed E-state index contributed by atoms with van der Waals surface area (Å²) in [6, 6.07) is 14.6. The highest BCUT2D eigenvalue weighted by Gasteiger charge is 2.38. The first kappa shape index (κ1) is 17.4. The van der Waals surface area contributed by atoms with Crippen molar-refractivity contribution in [3.05, 3.63) is 59.1 Å². The highest BCUT2D eigenvalue weighted by atomic mass is 35.5. The molecular formula is C21H23ClN2O2. The van der Waals surface area contributed by atoms with Gasteiger partial charge in [0.1, 0.15) is 11.5 Å². The lowest BCUT2D eigenvalue weighted by atomic mass is 9.78. The van der Waals surface area contributed by atoms with Gasteiger partial charge in [0, 0.05) is 30.2 Å². The van der Waals surface area contributed by atoms with Crippen LogP contribution >= 0.6 is 11.6 Å². The van der Waals surface area contributed by atoms with Crippen LogP contribution in [0.15, 0.2) is 48.5 Å².